The molecule has 1 rings (SSSR count). The molecule has 0 spiro atoms. The molecule has 3 atom stereocenters. The average molecular weight is 214 g/mol. The second-order valence-corrected chi connectivity index (χ2v) is 3.65. The molecular formula is C10H14O5. The summed E-state index contributed by atoms with van der Waals surface area (Å²) in [6, 6.07) is 0. The lowest BCUT2D eigenvalue weighted by atomic mass is 10.1. The van der Waals surface area contributed by atoms with Crippen LogP contribution >= 0.6 is 0 Å². The van der Waals surface area contributed by atoms with Crippen LogP contribution < -0.4 is 0 Å². The highest BCUT2D eigenvalue weighted by atomic mass is 16.6. The zero-order chi connectivity index (χ0) is 11.4. The molecule has 1 aliphatic carbocycles. The molecule has 5 heteroatoms. The molecule has 0 radical (unpaired) electrons. The van der Waals surface area contributed by atoms with E-state index >= 15 is 0 Å². The van der Waals surface area contributed by atoms with E-state index in [1.807, 2.05) is 0 Å². The summed E-state index contributed by atoms with van der Waals surface area (Å²) in [5.74, 6) is -1.17. The molecule has 0 N–H and O–H groups in total. The summed E-state index contributed by atoms with van der Waals surface area (Å²) in [5, 5.41) is 0. The molecule has 0 aromatic carbocycles. The Hall–Kier alpha value is -1.39. The first kappa shape index (κ1) is 11.7. The van der Waals surface area contributed by atoms with Gasteiger partial charge in [-0.3, -0.25) is 9.59 Å². The first-order chi connectivity index (χ1) is 7.02. The third kappa shape index (κ3) is 3.34. The minimum atomic E-state index is -0.454. The van der Waals surface area contributed by atoms with E-state index in [1.165, 1.54) is 13.8 Å². The minimum Gasteiger partial charge on any atom is -0.462 e. The highest BCUT2D eigenvalue weighted by molar-refractivity contribution is 5.68. The maximum Gasteiger partial charge on any atom is 0.302 e. The number of hydrogen-bond acceptors (Lipinski definition) is 5. The molecule has 0 bridgehead atoms. The van der Waals surface area contributed by atoms with E-state index < -0.39 is 12.1 Å². The average Bonchev–Trinajstić information content (AvgIpc) is 2.45. The van der Waals surface area contributed by atoms with E-state index in [4.69, 9.17) is 9.47 Å². The van der Waals surface area contributed by atoms with Gasteiger partial charge in [-0.15, -0.1) is 0 Å². The lowest BCUT2D eigenvalue weighted by Crippen LogP contribution is -2.21. The molecule has 0 amide bonds. The fourth-order valence-electron chi connectivity index (χ4n) is 1.81. The highest BCUT2D eigenvalue weighted by Crippen LogP contribution is 2.29. The Morgan fingerprint density at radius 1 is 1.13 bits per heavy atom. The predicted octanol–water partition coefficient (Wildman–Crippen LogP) is 0.459. The second-order valence-electron chi connectivity index (χ2n) is 3.65. The van der Waals surface area contributed by atoms with Crippen LogP contribution in [0.25, 0.3) is 0 Å². The molecule has 84 valence electrons. The van der Waals surface area contributed by atoms with Crippen molar-refractivity contribution in [3.05, 3.63) is 0 Å². The van der Waals surface area contributed by atoms with Crippen LogP contribution in [0.3, 0.4) is 0 Å². The smallest absolute Gasteiger partial charge is 0.302 e. The van der Waals surface area contributed by atoms with Gasteiger partial charge in [0, 0.05) is 20.3 Å². The van der Waals surface area contributed by atoms with Crippen molar-refractivity contribution in [1.29, 1.82) is 0 Å². The first-order valence-electron chi connectivity index (χ1n) is 4.82. The number of esters is 2. The Morgan fingerprint density at radius 3 is 2.20 bits per heavy atom. The van der Waals surface area contributed by atoms with Crippen LogP contribution in [0.5, 0.6) is 0 Å². The summed E-state index contributed by atoms with van der Waals surface area (Å²) in [7, 11) is 0. The monoisotopic (exact) mass is 214 g/mol. The molecular weight excluding hydrogens is 200 g/mol. The maximum absolute atomic E-state index is 10.7. The molecule has 15 heavy (non-hydrogen) atoms. The summed E-state index contributed by atoms with van der Waals surface area (Å²) >= 11 is 0. The van der Waals surface area contributed by atoms with Gasteiger partial charge in [0.15, 0.2) is 0 Å². The van der Waals surface area contributed by atoms with Crippen LogP contribution in [0.15, 0.2) is 0 Å². The molecule has 0 heterocycles. The van der Waals surface area contributed by atoms with Crippen molar-refractivity contribution in [3.63, 3.8) is 0 Å². The van der Waals surface area contributed by atoms with Crippen LogP contribution in [0.2, 0.25) is 0 Å². The van der Waals surface area contributed by atoms with Crippen LogP contribution in [0, 0.1) is 5.92 Å². The topological polar surface area (TPSA) is 69.7 Å². The van der Waals surface area contributed by atoms with E-state index in [2.05, 4.69) is 0 Å². The van der Waals surface area contributed by atoms with E-state index in [9.17, 15) is 14.4 Å². The van der Waals surface area contributed by atoms with Crippen LogP contribution in [0.4, 0.5) is 0 Å². The summed E-state index contributed by atoms with van der Waals surface area (Å²) < 4.78 is 9.93. The number of aldehydes is 1. The maximum atomic E-state index is 10.7. The van der Waals surface area contributed by atoms with Gasteiger partial charge in [-0.2, -0.15) is 0 Å². The van der Waals surface area contributed by atoms with E-state index in [-0.39, 0.29) is 18.0 Å². The lowest BCUT2D eigenvalue weighted by molar-refractivity contribution is -0.149. The van der Waals surface area contributed by atoms with Gasteiger partial charge in [-0.05, 0) is 6.42 Å². The van der Waals surface area contributed by atoms with Crippen molar-refractivity contribution < 1.29 is 23.9 Å². The van der Waals surface area contributed by atoms with Crippen LogP contribution in [-0.4, -0.2) is 30.4 Å². The van der Waals surface area contributed by atoms with E-state index in [0.717, 1.165) is 6.29 Å². The molecule has 1 aliphatic rings. The van der Waals surface area contributed by atoms with Crippen molar-refractivity contribution in [2.75, 3.05) is 0 Å². The van der Waals surface area contributed by atoms with Gasteiger partial charge in [-0.1, -0.05) is 0 Å². The third-order valence-electron chi connectivity index (χ3n) is 2.33. The summed E-state index contributed by atoms with van der Waals surface area (Å²) in [6.07, 6.45) is 0.812. The summed E-state index contributed by atoms with van der Waals surface area (Å²) in [5.41, 5.74) is 0. The van der Waals surface area contributed by atoms with Gasteiger partial charge in [0.1, 0.15) is 18.5 Å². The Bertz CT molecular complexity index is 273. The van der Waals surface area contributed by atoms with Crippen molar-refractivity contribution in [3.8, 4) is 0 Å². The number of rotatable bonds is 3. The summed E-state index contributed by atoms with van der Waals surface area (Å²) in [6.45, 7) is 2.61. The molecule has 0 saturated heterocycles. The summed E-state index contributed by atoms with van der Waals surface area (Å²) in [4.78, 5) is 32.1. The third-order valence-corrected chi connectivity index (χ3v) is 2.33. The Kier molecular flexibility index (Phi) is 3.82. The van der Waals surface area contributed by atoms with Crippen LogP contribution in [0.1, 0.15) is 26.7 Å². The van der Waals surface area contributed by atoms with Crippen molar-refractivity contribution >= 4 is 18.2 Å². The van der Waals surface area contributed by atoms with Crippen LogP contribution in [-0.2, 0) is 23.9 Å². The SMILES string of the molecule is CC(=O)OC1CC(OC(C)=O)[C@H](C=O)C1. The van der Waals surface area contributed by atoms with Gasteiger partial charge >= 0.3 is 11.9 Å². The lowest BCUT2D eigenvalue weighted by Gasteiger charge is -2.13. The number of carbonyl (C=O) groups is 3. The molecule has 0 aromatic rings. The number of carbonyl (C=O) groups excluding carboxylic acids is 3. The Balaban J connectivity index is 2.54. The number of ether oxygens (including phenoxy) is 2. The van der Waals surface area contributed by atoms with Gasteiger partial charge in [-0.25, -0.2) is 0 Å². The molecule has 1 fully saturated rings. The Morgan fingerprint density at radius 2 is 1.73 bits per heavy atom. The fraction of sp³-hybridized carbons (Fsp3) is 0.700. The zero-order valence-corrected chi connectivity index (χ0v) is 8.76. The zero-order valence-electron chi connectivity index (χ0n) is 8.76. The predicted molar refractivity (Wildman–Crippen MR) is 49.9 cm³/mol. The fourth-order valence-corrected chi connectivity index (χ4v) is 1.81. The Labute approximate surface area is 87.7 Å². The van der Waals surface area contributed by atoms with Gasteiger partial charge < -0.3 is 14.3 Å². The largest absolute Gasteiger partial charge is 0.462 e. The van der Waals surface area contributed by atoms with Gasteiger partial charge in [0.25, 0.3) is 0 Å². The standard InChI is InChI=1S/C10H14O5/c1-6(12)14-9-3-8(5-11)10(4-9)15-7(2)13/h5,8-10H,3-4H2,1-2H3/t8-,9?,10?/m0/s1. The van der Waals surface area contributed by atoms with Gasteiger partial charge in [0.05, 0.1) is 5.92 Å². The van der Waals surface area contributed by atoms with Crippen molar-refractivity contribution in [2.45, 2.75) is 38.9 Å². The highest BCUT2D eigenvalue weighted by Gasteiger charge is 2.37. The molecule has 2 unspecified atom stereocenters. The normalized spacial score (nSPS) is 29.6. The molecule has 0 aromatic heterocycles. The quantitative estimate of drug-likeness (QED) is 0.504. The van der Waals surface area contributed by atoms with E-state index in [0.29, 0.717) is 12.8 Å². The molecule has 5 nitrogen and oxygen atoms in total. The number of hydrogen-bond donors (Lipinski definition) is 0. The molecule has 0 aliphatic heterocycles. The van der Waals surface area contributed by atoms with E-state index in [1.54, 1.807) is 0 Å². The van der Waals surface area contributed by atoms with Crippen molar-refractivity contribution in [2.24, 2.45) is 5.92 Å². The minimum absolute atomic E-state index is 0.318. The van der Waals surface area contributed by atoms with Gasteiger partial charge in [0.2, 0.25) is 0 Å². The molecule has 1 saturated carbocycles. The first-order valence-corrected chi connectivity index (χ1v) is 4.82. The van der Waals surface area contributed by atoms with Crippen molar-refractivity contribution in [1.82, 2.24) is 0 Å². The second kappa shape index (κ2) is 4.91.